The van der Waals surface area contributed by atoms with Gasteiger partial charge in [0.1, 0.15) is 5.75 Å². The third kappa shape index (κ3) is 7.58. The summed E-state index contributed by atoms with van der Waals surface area (Å²) in [7, 11) is 3.02. The SMILES string of the molecule is CCCC[C@]1(CC)CS(=O)(=O)c2cc(OCCCCCC[N+](C)(C)C)ccc2[C@@H](c2ccccc2)[C@H]1O. The van der Waals surface area contributed by atoms with Gasteiger partial charge in [0.25, 0.3) is 0 Å². The molecule has 3 atom stereocenters. The van der Waals surface area contributed by atoms with Crippen LogP contribution in [0.2, 0.25) is 0 Å². The van der Waals surface area contributed by atoms with Gasteiger partial charge < -0.3 is 14.3 Å². The number of hydrogen-bond donors (Lipinski definition) is 1. The highest BCUT2D eigenvalue weighted by Gasteiger charge is 2.48. The van der Waals surface area contributed by atoms with Gasteiger partial charge in [0.05, 0.1) is 51.0 Å². The molecule has 37 heavy (non-hydrogen) atoms. The zero-order chi connectivity index (χ0) is 27.1. The van der Waals surface area contributed by atoms with Crippen LogP contribution in [-0.4, -0.2) is 64.2 Å². The smallest absolute Gasteiger partial charge is 0.179 e. The summed E-state index contributed by atoms with van der Waals surface area (Å²) >= 11 is 0. The lowest BCUT2D eigenvalue weighted by Crippen LogP contribution is -2.42. The van der Waals surface area contributed by atoms with Crippen LogP contribution in [0.4, 0.5) is 0 Å². The van der Waals surface area contributed by atoms with E-state index < -0.39 is 27.3 Å². The Hall–Kier alpha value is -1.89. The first-order chi connectivity index (χ1) is 17.5. The van der Waals surface area contributed by atoms with E-state index in [9.17, 15) is 13.5 Å². The molecule has 1 aliphatic heterocycles. The van der Waals surface area contributed by atoms with Gasteiger partial charge in [-0.15, -0.1) is 0 Å². The molecule has 0 radical (unpaired) electrons. The van der Waals surface area contributed by atoms with Crippen molar-refractivity contribution < 1.29 is 22.7 Å². The molecule has 0 bridgehead atoms. The summed E-state index contributed by atoms with van der Waals surface area (Å²) in [5, 5.41) is 11.9. The number of rotatable bonds is 13. The number of sulfone groups is 1. The number of hydrogen-bond acceptors (Lipinski definition) is 4. The highest BCUT2D eigenvalue weighted by atomic mass is 32.2. The third-order valence-electron chi connectivity index (χ3n) is 7.96. The van der Waals surface area contributed by atoms with Gasteiger partial charge in [-0.25, -0.2) is 8.42 Å². The lowest BCUT2D eigenvalue weighted by atomic mass is 9.69. The number of benzene rings is 2. The summed E-state index contributed by atoms with van der Waals surface area (Å²) < 4.78 is 34.7. The molecule has 0 aromatic heterocycles. The molecule has 0 unspecified atom stereocenters. The normalized spacial score (nSPS) is 23.3. The second-order valence-corrected chi connectivity index (χ2v) is 13.8. The Labute approximate surface area is 225 Å². The zero-order valence-corrected chi connectivity index (χ0v) is 24.4. The zero-order valence-electron chi connectivity index (χ0n) is 23.6. The van der Waals surface area contributed by atoms with E-state index in [1.54, 1.807) is 6.07 Å². The lowest BCUT2D eigenvalue weighted by molar-refractivity contribution is -0.870. The first-order valence-electron chi connectivity index (χ1n) is 14.1. The molecule has 1 heterocycles. The minimum Gasteiger partial charge on any atom is -0.494 e. The van der Waals surface area contributed by atoms with Crippen molar-refractivity contribution in [2.24, 2.45) is 5.41 Å². The standard InChI is InChI=1S/C31H48NO4S/c1-6-8-20-31(7-2)24-37(34,35)28-23-26(36-22-15-10-9-14-21-32(3,4)5)18-19-27(28)29(30(31)33)25-16-12-11-13-17-25/h11-13,16-19,23,29-30,33H,6-10,14-15,20-22,24H2,1-5H3/q+1/t29-,30-,31-/m1/s1. The fourth-order valence-corrected chi connectivity index (χ4v) is 7.97. The van der Waals surface area contributed by atoms with Crippen LogP contribution in [0.15, 0.2) is 53.4 Å². The summed E-state index contributed by atoms with van der Waals surface area (Å²) in [5.74, 6) is 0.150. The number of ether oxygens (including phenoxy) is 1. The van der Waals surface area contributed by atoms with Crippen LogP contribution in [0, 0.1) is 5.41 Å². The Kier molecular flexibility index (Phi) is 10.2. The van der Waals surface area contributed by atoms with Crippen molar-refractivity contribution in [1.82, 2.24) is 0 Å². The van der Waals surface area contributed by atoms with Crippen molar-refractivity contribution in [2.45, 2.75) is 82.1 Å². The van der Waals surface area contributed by atoms with Gasteiger partial charge >= 0.3 is 0 Å². The van der Waals surface area contributed by atoms with Gasteiger partial charge in [-0.1, -0.05) is 63.1 Å². The molecular weight excluding hydrogens is 482 g/mol. The molecule has 1 N–H and O–H groups in total. The Morgan fingerprint density at radius 2 is 1.68 bits per heavy atom. The molecule has 206 valence electrons. The molecular formula is C31H48NO4S+. The molecule has 0 aliphatic carbocycles. The minimum absolute atomic E-state index is 0.0380. The highest BCUT2D eigenvalue weighted by molar-refractivity contribution is 7.91. The van der Waals surface area contributed by atoms with Gasteiger partial charge in [-0.3, -0.25) is 0 Å². The van der Waals surface area contributed by atoms with Crippen LogP contribution < -0.4 is 4.74 Å². The van der Waals surface area contributed by atoms with Crippen molar-refractivity contribution in [2.75, 3.05) is 40.0 Å². The second-order valence-electron chi connectivity index (χ2n) is 11.9. The van der Waals surface area contributed by atoms with E-state index in [0.717, 1.165) is 42.3 Å². The van der Waals surface area contributed by atoms with Crippen molar-refractivity contribution >= 4 is 9.84 Å². The van der Waals surface area contributed by atoms with E-state index in [4.69, 9.17) is 4.74 Å². The molecule has 2 aromatic carbocycles. The van der Waals surface area contributed by atoms with Gasteiger partial charge in [0.15, 0.2) is 9.84 Å². The second kappa shape index (κ2) is 12.8. The monoisotopic (exact) mass is 530 g/mol. The number of aliphatic hydroxyl groups is 1. The quantitative estimate of drug-likeness (QED) is 0.247. The van der Waals surface area contributed by atoms with E-state index in [1.807, 2.05) is 49.4 Å². The first kappa shape index (κ1) is 29.7. The van der Waals surface area contributed by atoms with Crippen molar-refractivity contribution in [3.05, 3.63) is 59.7 Å². The molecule has 6 heteroatoms. The van der Waals surface area contributed by atoms with Crippen LogP contribution in [0.5, 0.6) is 5.75 Å². The van der Waals surface area contributed by atoms with Crippen LogP contribution in [0.1, 0.15) is 82.3 Å². The third-order valence-corrected chi connectivity index (χ3v) is 9.94. The van der Waals surface area contributed by atoms with E-state index in [1.165, 1.54) is 12.8 Å². The summed E-state index contributed by atoms with van der Waals surface area (Å²) in [6, 6.07) is 15.3. The molecule has 0 saturated carbocycles. The largest absolute Gasteiger partial charge is 0.494 e. The Morgan fingerprint density at radius 3 is 2.32 bits per heavy atom. The number of aliphatic hydroxyl groups excluding tert-OH is 1. The Bertz CT molecular complexity index is 1090. The number of quaternary nitrogens is 1. The van der Waals surface area contributed by atoms with Crippen LogP contribution >= 0.6 is 0 Å². The number of fused-ring (bicyclic) bond motifs is 1. The summed E-state index contributed by atoms with van der Waals surface area (Å²) in [6.07, 6.45) is 6.78. The van der Waals surface area contributed by atoms with Crippen molar-refractivity contribution in [3.8, 4) is 5.75 Å². The first-order valence-corrected chi connectivity index (χ1v) is 15.7. The summed E-state index contributed by atoms with van der Waals surface area (Å²) in [5.41, 5.74) is 0.935. The topological polar surface area (TPSA) is 63.6 Å². The fraction of sp³-hybridized carbons (Fsp3) is 0.613. The predicted octanol–water partition coefficient (Wildman–Crippen LogP) is 6.20. The fourth-order valence-electron chi connectivity index (χ4n) is 5.69. The lowest BCUT2D eigenvalue weighted by Gasteiger charge is -2.39. The van der Waals surface area contributed by atoms with Crippen LogP contribution in [0.3, 0.4) is 0 Å². The average Bonchev–Trinajstić information content (AvgIpc) is 2.93. The molecule has 1 aliphatic rings. The maximum atomic E-state index is 13.9. The minimum atomic E-state index is -3.62. The van der Waals surface area contributed by atoms with Gasteiger partial charge in [-0.2, -0.15) is 0 Å². The van der Waals surface area contributed by atoms with E-state index in [0.29, 0.717) is 35.7 Å². The Balaban J connectivity index is 1.86. The van der Waals surface area contributed by atoms with E-state index >= 15 is 0 Å². The van der Waals surface area contributed by atoms with Crippen LogP contribution in [0.25, 0.3) is 0 Å². The average molecular weight is 531 g/mol. The van der Waals surface area contributed by atoms with Crippen molar-refractivity contribution in [3.63, 3.8) is 0 Å². The van der Waals surface area contributed by atoms with E-state index in [-0.39, 0.29) is 5.75 Å². The molecule has 5 nitrogen and oxygen atoms in total. The maximum Gasteiger partial charge on any atom is 0.179 e. The molecule has 0 fully saturated rings. The summed E-state index contributed by atoms with van der Waals surface area (Å²) in [6.45, 7) is 5.86. The van der Waals surface area contributed by atoms with Gasteiger partial charge in [0, 0.05) is 11.3 Å². The van der Waals surface area contributed by atoms with Gasteiger partial charge in [-0.05, 0) is 61.8 Å². The van der Waals surface area contributed by atoms with E-state index in [2.05, 4.69) is 28.1 Å². The maximum absolute atomic E-state index is 13.9. The van der Waals surface area contributed by atoms with Gasteiger partial charge in [0.2, 0.25) is 0 Å². The molecule has 0 amide bonds. The molecule has 0 spiro atoms. The van der Waals surface area contributed by atoms with Crippen molar-refractivity contribution in [1.29, 1.82) is 0 Å². The molecule has 0 saturated heterocycles. The summed E-state index contributed by atoms with van der Waals surface area (Å²) in [4.78, 5) is 0.313. The highest BCUT2D eigenvalue weighted by Crippen LogP contribution is 2.49. The molecule has 2 aromatic rings. The van der Waals surface area contributed by atoms with Crippen LogP contribution in [-0.2, 0) is 9.84 Å². The molecule has 3 rings (SSSR count). The Morgan fingerprint density at radius 1 is 0.973 bits per heavy atom. The predicted molar refractivity (Wildman–Crippen MR) is 152 cm³/mol. The number of unbranched alkanes of at least 4 members (excludes halogenated alkanes) is 4. The number of nitrogens with zero attached hydrogens (tertiary/aromatic N) is 1.